The molecule has 0 radical (unpaired) electrons. The van der Waals surface area contributed by atoms with E-state index in [9.17, 15) is 10.1 Å². The summed E-state index contributed by atoms with van der Waals surface area (Å²) in [4.78, 5) is 12.9. The van der Waals surface area contributed by atoms with Gasteiger partial charge in [0.25, 0.3) is 0 Å². The van der Waals surface area contributed by atoms with Gasteiger partial charge in [-0.2, -0.15) is 0 Å². The summed E-state index contributed by atoms with van der Waals surface area (Å²) >= 11 is 0. The minimum absolute atomic E-state index is 0.0447. The van der Waals surface area contributed by atoms with E-state index >= 15 is 0 Å². The number of hydrogen-bond acceptors (Lipinski definition) is 6. The summed E-state index contributed by atoms with van der Waals surface area (Å²) in [6.45, 7) is 3.35. The number of nitro benzene ring substituents is 1. The molecule has 7 heteroatoms. The van der Waals surface area contributed by atoms with Crippen molar-refractivity contribution in [3.63, 3.8) is 0 Å². The van der Waals surface area contributed by atoms with Gasteiger partial charge in [0, 0.05) is 30.9 Å². The van der Waals surface area contributed by atoms with Crippen molar-refractivity contribution < 1.29 is 19.1 Å². The second-order valence-corrected chi connectivity index (χ2v) is 5.52. The van der Waals surface area contributed by atoms with E-state index in [1.54, 1.807) is 12.1 Å². The molecule has 0 atom stereocenters. The van der Waals surface area contributed by atoms with Crippen LogP contribution in [0, 0.1) is 10.1 Å². The smallest absolute Gasteiger partial charge is 0.311 e. The SMILES string of the molecule is O=[N+]([O-])c1ccc(N2CCOCC2)cc1OCCOc1ccccc1. The van der Waals surface area contributed by atoms with E-state index in [2.05, 4.69) is 4.90 Å². The fourth-order valence-electron chi connectivity index (χ4n) is 2.62. The first-order chi connectivity index (χ1) is 12.2. The van der Waals surface area contributed by atoms with Crippen molar-refractivity contribution >= 4 is 11.4 Å². The molecule has 1 saturated heterocycles. The van der Waals surface area contributed by atoms with Gasteiger partial charge in [0.1, 0.15) is 19.0 Å². The van der Waals surface area contributed by atoms with E-state index in [0.29, 0.717) is 19.8 Å². The first-order valence-electron chi connectivity index (χ1n) is 8.16. The van der Waals surface area contributed by atoms with Crippen molar-refractivity contribution in [1.82, 2.24) is 0 Å². The van der Waals surface area contributed by atoms with E-state index < -0.39 is 4.92 Å². The van der Waals surface area contributed by atoms with Crippen LogP contribution in [0.3, 0.4) is 0 Å². The lowest BCUT2D eigenvalue weighted by Gasteiger charge is -2.29. The number of nitro groups is 1. The van der Waals surface area contributed by atoms with E-state index in [1.807, 2.05) is 30.3 Å². The molecule has 1 aliphatic rings. The molecule has 0 aromatic heterocycles. The number of nitrogens with zero attached hydrogens (tertiary/aromatic N) is 2. The minimum Gasteiger partial charge on any atom is -0.490 e. The number of anilines is 1. The van der Waals surface area contributed by atoms with E-state index in [0.717, 1.165) is 24.5 Å². The summed E-state index contributed by atoms with van der Waals surface area (Å²) in [6.07, 6.45) is 0. The average Bonchev–Trinajstić information content (AvgIpc) is 2.66. The minimum atomic E-state index is -0.434. The third kappa shape index (κ3) is 4.60. The molecular formula is C18H20N2O5. The first kappa shape index (κ1) is 17.0. The highest BCUT2D eigenvalue weighted by Gasteiger charge is 2.19. The number of para-hydroxylation sites is 1. The Bertz CT molecular complexity index is 702. The number of benzene rings is 2. The quantitative estimate of drug-likeness (QED) is 0.437. The zero-order valence-corrected chi connectivity index (χ0v) is 13.8. The molecule has 1 fully saturated rings. The van der Waals surface area contributed by atoms with Crippen LogP contribution in [0.25, 0.3) is 0 Å². The first-order valence-corrected chi connectivity index (χ1v) is 8.16. The third-order valence-electron chi connectivity index (χ3n) is 3.87. The van der Waals surface area contributed by atoms with Gasteiger partial charge in [-0.3, -0.25) is 10.1 Å². The topological polar surface area (TPSA) is 74.1 Å². The Balaban J connectivity index is 1.64. The van der Waals surface area contributed by atoms with Crippen molar-refractivity contribution in [1.29, 1.82) is 0 Å². The van der Waals surface area contributed by atoms with Crippen molar-refractivity contribution in [3.8, 4) is 11.5 Å². The zero-order chi connectivity index (χ0) is 17.5. The Morgan fingerprint density at radius 3 is 2.48 bits per heavy atom. The molecule has 1 aliphatic heterocycles. The fraction of sp³-hybridized carbons (Fsp3) is 0.333. The van der Waals surface area contributed by atoms with Gasteiger partial charge in [-0.25, -0.2) is 0 Å². The molecule has 0 aliphatic carbocycles. The Morgan fingerprint density at radius 1 is 1.04 bits per heavy atom. The van der Waals surface area contributed by atoms with Gasteiger partial charge in [-0.15, -0.1) is 0 Å². The van der Waals surface area contributed by atoms with Gasteiger partial charge in [0.2, 0.25) is 0 Å². The molecule has 0 amide bonds. The molecule has 0 saturated carbocycles. The van der Waals surface area contributed by atoms with E-state index in [-0.39, 0.29) is 18.0 Å². The number of hydrogen-bond donors (Lipinski definition) is 0. The largest absolute Gasteiger partial charge is 0.490 e. The molecule has 0 bridgehead atoms. The average molecular weight is 344 g/mol. The summed E-state index contributed by atoms with van der Waals surface area (Å²) in [5.41, 5.74) is 0.851. The second-order valence-electron chi connectivity index (χ2n) is 5.52. The molecule has 25 heavy (non-hydrogen) atoms. The van der Waals surface area contributed by atoms with Gasteiger partial charge in [-0.1, -0.05) is 18.2 Å². The van der Waals surface area contributed by atoms with E-state index in [4.69, 9.17) is 14.2 Å². The van der Waals surface area contributed by atoms with Crippen molar-refractivity contribution in [2.45, 2.75) is 0 Å². The highest BCUT2D eigenvalue weighted by atomic mass is 16.6. The molecule has 2 aromatic carbocycles. The van der Waals surface area contributed by atoms with E-state index in [1.165, 1.54) is 6.07 Å². The van der Waals surface area contributed by atoms with Crippen LogP contribution in [0.1, 0.15) is 0 Å². The lowest BCUT2D eigenvalue weighted by Crippen LogP contribution is -2.36. The Hall–Kier alpha value is -2.80. The van der Waals surface area contributed by atoms with Crippen LogP contribution in [-0.2, 0) is 4.74 Å². The van der Waals surface area contributed by atoms with Crippen LogP contribution in [0.2, 0.25) is 0 Å². The maximum atomic E-state index is 11.2. The normalized spacial score (nSPS) is 14.2. The van der Waals surface area contributed by atoms with Gasteiger partial charge in [-0.05, 0) is 18.2 Å². The summed E-state index contributed by atoms with van der Waals surface area (Å²) in [5.74, 6) is 0.994. The lowest BCUT2D eigenvalue weighted by molar-refractivity contribution is -0.385. The van der Waals surface area contributed by atoms with Crippen LogP contribution in [-0.4, -0.2) is 44.4 Å². The molecule has 132 valence electrons. The second kappa shape index (κ2) is 8.34. The number of rotatable bonds is 7. The highest BCUT2D eigenvalue weighted by Crippen LogP contribution is 2.32. The molecular weight excluding hydrogens is 324 g/mol. The summed E-state index contributed by atoms with van der Waals surface area (Å²) < 4.78 is 16.5. The highest BCUT2D eigenvalue weighted by molar-refractivity contribution is 5.59. The molecule has 7 nitrogen and oxygen atoms in total. The molecule has 0 N–H and O–H groups in total. The molecule has 2 aromatic rings. The van der Waals surface area contributed by atoms with Crippen LogP contribution in [0.5, 0.6) is 11.5 Å². The number of morpholine rings is 1. The van der Waals surface area contributed by atoms with Crippen LogP contribution in [0.15, 0.2) is 48.5 Å². The van der Waals surface area contributed by atoms with Crippen LogP contribution >= 0.6 is 0 Å². The van der Waals surface area contributed by atoms with Crippen LogP contribution in [0.4, 0.5) is 11.4 Å². The molecule has 0 spiro atoms. The lowest BCUT2D eigenvalue weighted by atomic mass is 10.2. The van der Waals surface area contributed by atoms with Crippen molar-refractivity contribution in [2.75, 3.05) is 44.4 Å². The maximum absolute atomic E-state index is 11.2. The predicted octanol–water partition coefficient (Wildman–Crippen LogP) is 2.89. The number of ether oxygens (including phenoxy) is 3. The Kier molecular flexibility index (Phi) is 5.69. The predicted molar refractivity (Wildman–Crippen MR) is 93.6 cm³/mol. The zero-order valence-electron chi connectivity index (χ0n) is 13.8. The van der Waals surface area contributed by atoms with Gasteiger partial charge >= 0.3 is 5.69 Å². The van der Waals surface area contributed by atoms with Gasteiger partial charge < -0.3 is 19.1 Å². The Morgan fingerprint density at radius 2 is 1.76 bits per heavy atom. The summed E-state index contributed by atoms with van der Waals surface area (Å²) in [5, 5.41) is 11.2. The van der Waals surface area contributed by atoms with Crippen LogP contribution < -0.4 is 14.4 Å². The van der Waals surface area contributed by atoms with Gasteiger partial charge in [0.05, 0.1) is 18.1 Å². The molecule has 1 heterocycles. The third-order valence-corrected chi connectivity index (χ3v) is 3.87. The standard InChI is InChI=1S/C18H20N2O5/c21-20(22)17-7-6-15(19-8-10-23-11-9-19)14-18(17)25-13-12-24-16-4-2-1-3-5-16/h1-7,14H,8-13H2. The molecule has 3 rings (SSSR count). The molecule has 0 unspecified atom stereocenters. The fourth-order valence-corrected chi connectivity index (χ4v) is 2.62. The maximum Gasteiger partial charge on any atom is 0.311 e. The monoisotopic (exact) mass is 344 g/mol. The summed E-state index contributed by atoms with van der Waals surface area (Å²) in [6, 6.07) is 14.3. The Labute approximate surface area is 145 Å². The van der Waals surface area contributed by atoms with Gasteiger partial charge in [0.15, 0.2) is 5.75 Å². The van der Waals surface area contributed by atoms with Crippen molar-refractivity contribution in [2.24, 2.45) is 0 Å². The summed E-state index contributed by atoms with van der Waals surface area (Å²) in [7, 11) is 0. The van der Waals surface area contributed by atoms with Crippen molar-refractivity contribution in [3.05, 3.63) is 58.6 Å².